The van der Waals surface area contributed by atoms with Crippen molar-refractivity contribution in [3.8, 4) is 22.6 Å². The van der Waals surface area contributed by atoms with E-state index in [0.29, 0.717) is 30.3 Å². The molecule has 1 atom stereocenters. The molecule has 0 aliphatic heterocycles. The quantitative estimate of drug-likeness (QED) is 0.248. The maximum atomic E-state index is 15.1. The van der Waals surface area contributed by atoms with Crippen LogP contribution in [-0.2, 0) is 16.1 Å². The summed E-state index contributed by atoms with van der Waals surface area (Å²) in [7, 11) is 3.04. The van der Waals surface area contributed by atoms with Gasteiger partial charge in [0.25, 0.3) is 0 Å². The summed E-state index contributed by atoms with van der Waals surface area (Å²) in [6, 6.07) is 19.1. The molecule has 5 rings (SSSR count). The molecule has 0 amide bonds. The average molecular weight is 529 g/mol. The summed E-state index contributed by atoms with van der Waals surface area (Å²) in [4.78, 5) is 12.0. The first kappa shape index (κ1) is 27.0. The molecule has 0 radical (unpaired) electrons. The molecule has 39 heavy (non-hydrogen) atoms. The molecule has 3 aromatic carbocycles. The molecule has 0 heterocycles. The van der Waals surface area contributed by atoms with Crippen LogP contribution in [-0.4, -0.2) is 20.2 Å². The molecule has 0 saturated heterocycles. The lowest BCUT2D eigenvalue weighted by Gasteiger charge is -2.25. The van der Waals surface area contributed by atoms with Crippen LogP contribution in [0.15, 0.2) is 66.7 Å². The SMILES string of the molecule is COC(=O)C[C@@H](c1cccc(OCc2ccc(-c3cc(OC)ccc3F)c(C3=CCCC3(C)C)c2)c1)C1CC1. The Morgan fingerprint density at radius 2 is 1.79 bits per heavy atom. The van der Waals surface area contributed by atoms with Crippen LogP contribution in [0.5, 0.6) is 11.5 Å². The Labute approximate surface area is 230 Å². The standard InChI is InChI=1S/C34H37FO4/c1-34(2)16-6-9-31(34)29-17-22(10-14-27(29)30-19-25(37-3)13-15-32(30)35)21-39-26-8-5-7-24(18-26)28(23-11-12-23)20-33(36)38-4/h5,7-10,13-15,17-19,23,28H,6,11-12,16,20-21H2,1-4H3/t28-/m1/s1. The van der Waals surface area contributed by atoms with Crippen molar-refractivity contribution in [2.75, 3.05) is 14.2 Å². The largest absolute Gasteiger partial charge is 0.497 e. The molecule has 0 spiro atoms. The van der Waals surface area contributed by atoms with E-state index in [1.54, 1.807) is 19.2 Å². The number of esters is 1. The van der Waals surface area contributed by atoms with Crippen LogP contribution >= 0.6 is 0 Å². The van der Waals surface area contributed by atoms with Gasteiger partial charge in [0, 0.05) is 5.56 Å². The number of carbonyl (C=O) groups excluding carboxylic acids is 1. The maximum Gasteiger partial charge on any atom is 0.306 e. The summed E-state index contributed by atoms with van der Waals surface area (Å²) >= 11 is 0. The van der Waals surface area contributed by atoms with E-state index in [9.17, 15) is 4.79 Å². The summed E-state index contributed by atoms with van der Waals surface area (Å²) < 4.78 is 31.7. The fourth-order valence-electron chi connectivity index (χ4n) is 5.76. The van der Waals surface area contributed by atoms with Gasteiger partial charge in [0.1, 0.15) is 23.9 Å². The molecule has 3 aromatic rings. The van der Waals surface area contributed by atoms with Gasteiger partial charge in [-0.15, -0.1) is 0 Å². The Kier molecular flexibility index (Phi) is 7.79. The first-order chi connectivity index (χ1) is 18.8. The lowest BCUT2D eigenvalue weighted by Crippen LogP contribution is -2.11. The van der Waals surface area contributed by atoms with Gasteiger partial charge in [-0.3, -0.25) is 4.79 Å². The summed E-state index contributed by atoms with van der Waals surface area (Å²) in [6.07, 6.45) is 7.02. The van der Waals surface area contributed by atoms with Crippen molar-refractivity contribution in [2.24, 2.45) is 11.3 Å². The first-order valence-electron chi connectivity index (χ1n) is 13.8. The number of benzene rings is 3. The van der Waals surface area contributed by atoms with Crippen molar-refractivity contribution < 1.29 is 23.4 Å². The number of allylic oxidation sites excluding steroid dienone is 2. The second kappa shape index (κ2) is 11.3. The molecule has 5 heteroatoms. The zero-order chi connectivity index (χ0) is 27.6. The van der Waals surface area contributed by atoms with E-state index < -0.39 is 0 Å². The fourth-order valence-corrected chi connectivity index (χ4v) is 5.76. The van der Waals surface area contributed by atoms with Gasteiger partial charge in [0.2, 0.25) is 0 Å². The van der Waals surface area contributed by atoms with Crippen molar-refractivity contribution in [3.63, 3.8) is 0 Å². The molecule has 204 valence electrons. The van der Waals surface area contributed by atoms with Crippen molar-refractivity contribution >= 4 is 11.5 Å². The van der Waals surface area contributed by atoms with Crippen molar-refractivity contribution in [3.05, 3.63) is 89.2 Å². The smallest absolute Gasteiger partial charge is 0.306 e. The van der Waals surface area contributed by atoms with E-state index in [-0.39, 0.29) is 23.1 Å². The third-order valence-electron chi connectivity index (χ3n) is 8.18. The Bertz CT molecular complexity index is 1390. The maximum absolute atomic E-state index is 15.1. The van der Waals surface area contributed by atoms with E-state index >= 15 is 4.39 Å². The molecule has 0 N–H and O–H groups in total. The molecule has 0 unspecified atom stereocenters. The third-order valence-corrected chi connectivity index (χ3v) is 8.18. The van der Waals surface area contributed by atoms with Crippen LogP contribution in [0, 0.1) is 17.2 Å². The number of methoxy groups -OCH3 is 2. The Morgan fingerprint density at radius 3 is 2.49 bits per heavy atom. The lowest BCUT2D eigenvalue weighted by molar-refractivity contribution is -0.141. The van der Waals surface area contributed by atoms with Gasteiger partial charge in [-0.25, -0.2) is 4.39 Å². The minimum Gasteiger partial charge on any atom is -0.497 e. The van der Waals surface area contributed by atoms with Gasteiger partial charge < -0.3 is 14.2 Å². The fraction of sp³-hybridized carbons (Fsp3) is 0.382. The van der Waals surface area contributed by atoms with Gasteiger partial charge in [0.15, 0.2) is 0 Å². The molecule has 1 saturated carbocycles. The van der Waals surface area contributed by atoms with Crippen molar-refractivity contribution in [1.29, 1.82) is 0 Å². The molecule has 2 aliphatic carbocycles. The van der Waals surface area contributed by atoms with E-state index in [0.717, 1.165) is 53.7 Å². The molecule has 0 bridgehead atoms. The highest BCUT2D eigenvalue weighted by molar-refractivity contribution is 5.85. The van der Waals surface area contributed by atoms with Crippen LogP contribution in [0.2, 0.25) is 0 Å². The normalized spacial score (nSPS) is 16.9. The Balaban J connectivity index is 1.43. The number of halogens is 1. The zero-order valence-corrected chi connectivity index (χ0v) is 23.3. The number of rotatable bonds is 10. The average Bonchev–Trinajstić information content (AvgIpc) is 3.72. The number of hydrogen-bond acceptors (Lipinski definition) is 4. The molecule has 2 aliphatic rings. The molecule has 1 fully saturated rings. The summed E-state index contributed by atoms with van der Waals surface area (Å²) in [6.45, 7) is 4.88. The third kappa shape index (κ3) is 6.03. The minimum atomic E-state index is -0.272. The zero-order valence-electron chi connectivity index (χ0n) is 23.3. The van der Waals surface area contributed by atoms with E-state index in [2.05, 4.69) is 38.1 Å². The van der Waals surface area contributed by atoms with Crippen LogP contribution in [0.1, 0.15) is 68.6 Å². The predicted molar refractivity (Wildman–Crippen MR) is 152 cm³/mol. The van der Waals surface area contributed by atoms with Gasteiger partial charge in [-0.2, -0.15) is 0 Å². The summed E-state index contributed by atoms with van der Waals surface area (Å²) in [5.41, 5.74) is 5.78. The number of hydrogen-bond donors (Lipinski definition) is 0. The van der Waals surface area contributed by atoms with Crippen LogP contribution in [0.25, 0.3) is 16.7 Å². The van der Waals surface area contributed by atoms with Crippen LogP contribution in [0.4, 0.5) is 4.39 Å². The molecular weight excluding hydrogens is 491 g/mol. The summed E-state index contributed by atoms with van der Waals surface area (Å²) in [5.74, 6) is 1.62. The van der Waals surface area contributed by atoms with E-state index in [4.69, 9.17) is 14.2 Å². The second-order valence-electron chi connectivity index (χ2n) is 11.4. The second-order valence-corrected chi connectivity index (χ2v) is 11.4. The minimum absolute atomic E-state index is 0.00460. The topological polar surface area (TPSA) is 44.8 Å². The number of ether oxygens (including phenoxy) is 3. The lowest BCUT2D eigenvalue weighted by atomic mass is 9.79. The highest BCUT2D eigenvalue weighted by atomic mass is 19.1. The van der Waals surface area contributed by atoms with Crippen LogP contribution in [0.3, 0.4) is 0 Å². The van der Waals surface area contributed by atoms with Crippen molar-refractivity contribution in [2.45, 2.75) is 58.5 Å². The first-order valence-corrected chi connectivity index (χ1v) is 13.8. The Morgan fingerprint density at radius 1 is 0.974 bits per heavy atom. The van der Waals surface area contributed by atoms with Gasteiger partial charge in [0.05, 0.1) is 20.6 Å². The van der Waals surface area contributed by atoms with Crippen LogP contribution < -0.4 is 9.47 Å². The highest BCUT2D eigenvalue weighted by Crippen LogP contribution is 2.48. The van der Waals surface area contributed by atoms with E-state index in [1.807, 2.05) is 24.3 Å². The van der Waals surface area contributed by atoms with Gasteiger partial charge >= 0.3 is 5.97 Å². The molecule has 4 nitrogen and oxygen atoms in total. The number of carbonyl (C=O) groups is 1. The Hall–Kier alpha value is -3.60. The molecule has 0 aromatic heterocycles. The predicted octanol–water partition coefficient (Wildman–Crippen LogP) is 8.34. The van der Waals surface area contributed by atoms with Gasteiger partial charge in [-0.05, 0) is 107 Å². The monoisotopic (exact) mass is 528 g/mol. The van der Waals surface area contributed by atoms with E-state index in [1.165, 1.54) is 18.7 Å². The molecular formula is C34H37FO4. The van der Waals surface area contributed by atoms with Crippen molar-refractivity contribution in [1.82, 2.24) is 0 Å². The summed E-state index contributed by atoms with van der Waals surface area (Å²) in [5, 5.41) is 0. The highest BCUT2D eigenvalue weighted by Gasteiger charge is 2.34. The van der Waals surface area contributed by atoms with Gasteiger partial charge in [-0.1, -0.05) is 44.2 Å².